The number of imidazole rings is 1. The number of nitrogens with zero attached hydrogens (tertiary/aromatic N) is 4. The molecular formula is C16H16N4O4S. The van der Waals surface area contributed by atoms with Crippen LogP contribution in [0.2, 0.25) is 0 Å². The first-order chi connectivity index (χ1) is 12.0. The van der Waals surface area contributed by atoms with Crippen molar-refractivity contribution in [2.24, 2.45) is 21.1 Å². The van der Waals surface area contributed by atoms with Crippen molar-refractivity contribution in [3.05, 3.63) is 44.6 Å². The standard InChI is InChI=1S/C16H16N4O4S/c1-18-12-13(19(2)16(22)20(3)14(12)21)17-15(18)25-7-9-4-5-10-11(6-9)24-8-23-10/h4-6H,7-8H2,1-3H3. The molecular weight excluding hydrogens is 344 g/mol. The minimum Gasteiger partial charge on any atom is -0.454 e. The monoisotopic (exact) mass is 360 g/mol. The van der Waals surface area contributed by atoms with Gasteiger partial charge in [0.1, 0.15) is 0 Å². The van der Waals surface area contributed by atoms with Gasteiger partial charge in [0.2, 0.25) is 6.79 Å². The van der Waals surface area contributed by atoms with Crippen molar-refractivity contribution < 1.29 is 9.47 Å². The molecule has 3 aromatic rings. The fraction of sp³-hybridized carbons (Fsp3) is 0.312. The van der Waals surface area contributed by atoms with Gasteiger partial charge < -0.3 is 14.0 Å². The molecule has 0 aliphatic carbocycles. The second-order valence-corrected chi connectivity index (χ2v) is 6.75. The van der Waals surface area contributed by atoms with E-state index in [1.807, 2.05) is 18.2 Å². The second-order valence-electron chi connectivity index (χ2n) is 5.81. The number of benzene rings is 1. The molecule has 1 aromatic carbocycles. The van der Waals surface area contributed by atoms with Crippen LogP contribution in [0.5, 0.6) is 11.5 Å². The van der Waals surface area contributed by atoms with E-state index in [4.69, 9.17) is 9.47 Å². The molecule has 4 rings (SSSR count). The van der Waals surface area contributed by atoms with E-state index in [1.54, 1.807) is 18.7 Å². The molecule has 0 unspecified atom stereocenters. The molecule has 0 radical (unpaired) electrons. The van der Waals surface area contributed by atoms with Crippen LogP contribution in [0.3, 0.4) is 0 Å². The lowest BCUT2D eigenvalue weighted by molar-refractivity contribution is 0.174. The molecule has 0 atom stereocenters. The van der Waals surface area contributed by atoms with Gasteiger partial charge >= 0.3 is 5.69 Å². The Labute approximate surface area is 146 Å². The number of fused-ring (bicyclic) bond motifs is 2. The Morgan fingerprint density at radius 1 is 1.08 bits per heavy atom. The van der Waals surface area contributed by atoms with Crippen molar-refractivity contribution >= 4 is 22.9 Å². The molecule has 25 heavy (non-hydrogen) atoms. The molecule has 1 aliphatic rings. The highest BCUT2D eigenvalue weighted by molar-refractivity contribution is 7.98. The van der Waals surface area contributed by atoms with Crippen LogP contribution in [-0.2, 0) is 26.9 Å². The summed E-state index contributed by atoms with van der Waals surface area (Å²) in [4.78, 5) is 28.9. The molecule has 130 valence electrons. The van der Waals surface area contributed by atoms with E-state index >= 15 is 0 Å². The van der Waals surface area contributed by atoms with Gasteiger partial charge in [0.25, 0.3) is 5.56 Å². The Kier molecular flexibility index (Phi) is 3.60. The lowest BCUT2D eigenvalue weighted by atomic mass is 10.2. The summed E-state index contributed by atoms with van der Waals surface area (Å²) in [6.07, 6.45) is 0. The lowest BCUT2D eigenvalue weighted by Gasteiger charge is -2.04. The zero-order valence-corrected chi connectivity index (χ0v) is 14.8. The van der Waals surface area contributed by atoms with Gasteiger partial charge in [-0.2, -0.15) is 0 Å². The summed E-state index contributed by atoms with van der Waals surface area (Å²) in [6, 6.07) is 5.79. The molecule has 0 saturated heterocycles. The molecule has 0 amide bonds. The Morgan fingerprint density at radius 3 is 2.64 bits per heavy atom. The van der Waals surface area contributed by atoms with E-state index in [0.717, 1.165) is 21.6 Å². The summed E-state index contributed by atoms with van der Waals surface area (Å²) in [5.41, 5.74) is 1.13. The summed E-state index contributed by atoms with van der Waals surface area (Å²) in [7, 11) is 4.86. The van der Waals surface area contributed by atoms with Crippen molar-refractivity contribution in [2.75, 3.05) is 6.79 Å². The molecule has 0 fully saturated rings. The van der Waals surface area contributed by atoms with E-state index in [1.165, 1.54) is 23.4 Å². The Balaban J connectivity index is 1.70. The highest BCUT2D eigenvalue weighted by Gasteiger charge is 2.18. The van der Waals surface area contributed by atoms with Gasteiger partial charge in [0, 0.05) is 26.9 Å². The number of ether oxygens (including phenoxy) is 2. The van der Waals surface area contributed by atoms with Crippen LogP contribution in [0.15, 0.2) is 32.9 Å². The minimum atomic E-state index is -0.386. The van der Waals surface area contributed by atoms with E-state index in [0.29, 0.717) is 22.1 Å². The van der Waals surface area contributed by atoms with E-state index < -0.39 is 0 Å². The molecule has 0 bridgehead atoms. The van der Waals surface area contributed by atoms with Crippen molar-refractivity contribution in [1.82, 2.24) is 18.7 Å². The summed E-state index contributed by atoms with van der Waals surface area (Å²) in [6.45, 7) is 0.244. The van der Waals surface area contributed by atoms with Gasteiger partial charge in [-0.3, -0.25) is 13.9 Å². The third-order valence-corrected chi connectivity index (χ3v) is 5.34. The third kappa shape index (κ3) is 2.42. The molecule has 9 heteroatoms. The SMILES string of the molecule is Cn1c(=O)c2c(nc(SCc3ccc4c(c3)OCO4)n2C)n(C)c1=O. The smallest absolute Gasteiger partial charge is 0.332 e. The Bertz CT molecular complexity index is 1110. The van der Waals surface area contributed by atoms with E-state index in [2.05, 4.69) is 4.98 Å². The normalized spacial score (nSPS) is 12.9. The van der Waals surface area contributed by atoms with Gasteiger partial charge in [-0.15, -0.1) is 0 Å². The average molecular weight is 360 g/mol. The zero-order chi connectivity index (χ0) is 17.7. The highest BCUT2D eigenvalue weighted by atomic mass is 32.2. The summed E-state index contributed by atoms with van der Waals surface area (Å²) < 4.78 is 14.9. The fourth-order valence-electron chi connectivity index (χ4n) is 2.81. The van der Waals surface area contributed by atoms with Crippen LogP contribution in [0.4, 0.5) is 0 Å². The molecule has 3 heterocycles. The number of thioether (sulfide) groups is 1. The van der Waals surface area contributed by atoms with Crippen molar-refractivity contribution in [3.8, 4) is 11.5 Å². The first-order valence-corrected chi connectivity index (χ1v) is 8.59. The number of hydrogen-bond donors (Lipinski definition) is 0. The topological polar surface area (TPSA) is 80.3 Å². The predicted octanol–water partition coefficient (Wildman–Crippen LogP) is 0.992. The van der Waals surface area contributed by atoms with Crippen LogP contribution >= 0.6 is 11.8 Å². The van der Waals surface area contributed by atoms with Crippen LogP contribution < -0.4 is 20.7 Å². The predicted molar refractivity (Wildman–Crippen MR) is 93.3 cm³/mol. The maximum absolute atomic E-state index is 12.4. The largest absolute Gasteiger partial charge is 0.454 e. The van der Waals surface area contributed by atoms with Gasteiger partial charge in [0.05, 0.1) is 0 Å². The highest BCUT2D eigenvalue weighted by Crippen LogP contribution is 2.34. The maximum atomic E-state index is 12.4. The van der Waals surface area contributed by atoms with Gasteiger partial charge in [-0.05, 0) is 17.7 Å². The number of rotatable bonds is 3. The quantitative estimate of drug-likeness (QED) is 0.648. The van der Waals surface area contributed by atoms with E-state index in [9.17, 15) is 9.59 Å². The van der Waals surface area contributed by atoms with Crippen LogP contribution in [0, 0.1) is 0 Å². The zero-order valence-electron chi connectivity index (χ0n) is 14.0. The third-order valence-electron chi connectivity index (χ3n) is 4.24. The minimum absolute atomic E-state index is 0.244. The first kappa shape index (κ1) is 15.8. The molecule has 2 aromatic heterocycles. The molecule has 0 spiro atoms. The first-order valence-electron chi connectivity index (χ1n) is 7.61. The number of aromatic nitrogens is 4. The number of hydrogen-bond acceptors (Lipinski definition) is 6. The Morgan fingerprint density at radius 2 is 1.84 bits per heavy atom. The van der Waals surface area contributed by atoms with Crippen LogP contribution in [0.25, 0.3) is 11.2 Å². The van der Waals surface area contributed by atoms with Gasteiger partial charge in [-0.1, -0.05) is 17.8 Å². The Hall–Kier alpha value is -2.68. The van der Waals surface area contributed by atoms with Crippen molar-refractivity contribution in [1.29, 1.82) is 0 Å². The summed E-state index contributed by atoms with van der Waals surface area (Å²) in [5.74, 6) is 2.14. The maximum Gasteiger partial charge on any atom is 0.332 e. The average Bonchev–Trinajstić information content (AvgIpc) is 3.20. The molecule has 0 N–H and O–H groups in total. The summed E-state index contributed by atoms with van der Waals surface area (Å²) in [5, 5.41) is 0.672. The van der Waals surface area contributed by atoms with Crippen LogP contribution in [-0.4, -0.2) is 25.5 Å². The van der Waals surface area contributed by atoms with Crippen LogP contribution in [0.1, 0.15) is 5.56 Å². The fourth-order valence-corrected chi connectivity index (χ4v) is 3.72. The molecule has 1 aliphatic heterocycles. The van der Waals surface area contributed by atoms with Gasteiger partial charge in [0.15, 0.2) is 27.8 Å². The number of aryl methyl sites for hydroxylation is 2. The van der Waals surface area contributed by atoms with Crippen molar-refractivity contribution in [3.63, 3.8) is 0 Å². The van der Waals surface area contributed by atoms with E-state index in [-0.39, 0.29) is 18.0 Å². The molecule has 8 nitrogen and oxygen atoms in total. The molecule has 0 saturated carbocycles. The lowest BCUT2D eigenvalue weighted by Crippen LogP contribution is -2.37. The van der Waals surface area contributed by atoms with Crippen molar-refractivity contribution in [2.45, 2.75) is 10.9 Å². The van der Waals surface area contributed by atoms with Gasteiger partial charge in [-0.25, -0.2) is 9.78 Å². The summed E-state index contributed by atoms with van der Waals surface area (Å²) >= 11 is 1.49. The second kappa shape index (κ2) is 5.69.